The summed E-state index contributed by atoms with van der Waals surface area (Å²) >= 11 is 0. The molecule has 0 spiro atoms. The first-order chi connectivity index (χ1) is 19.7. The van der Waals surface area contributed by atoms with E-state index in [4.69, 9.17) is 0 Å². The Morgan fingerprint density at radius 1 is 1.00 bits per heavy atom. The highest BCUT2D eigenvalue weighted by molar-refractivity contribution is 5.89. The molecule has 0 radical (unpaired) electrons. The number of fused-ring (bicyclic) bond motifs is 1. The highest BCUT2D eigenvalue weighted by Crippen LogP contribution is 2.49. The van der Waals surface area contributed by atoms with Gasteiger partial charge in [-0.05, 0) is 40.8 Å². The fourth-order valence-corrected chi connectivity index (χ4v) is 5.86. The molecule has 1 aliphatic carbocycles. The molecule has 6 rings (SSSR count). The van der Waals surface area contributed by atoms with Crippen molar-refractivity contribution in [1.29, 1.82) is 0 Å². The van der Waals surface area contributed by atoms with E-state index in [2.05, 4.69) is 10.3 Å². The topological polar surface area (TPSA) is 67.2 Å². The zero-order chi connectivity index (χ0) is 28.7. The Hall–Kier alpha value is -4.21. The second-order valence-electron chi connectivity index (χ2n) is 10.9. The highest BCUT2D eigenvalue weighted by atomic mass is 19.3. The molecule has 1 N–H and O–H groups in total. The lowest BCUT2D eigenvalue weighted by atomic mass is 9.76. The van der Waals surface area contributed by atoms with E-state index >= 15 is 4.39 Å². The molecule has 2 amide bonds. The van der Waals surface area contributed by atoms with Gasteiger partial charge < -0.3 is 14.8 Å². The van der Waals surface area contributed by atoms with Gasteiger partial charge in [-0.15, -0.1) is 0 Å². The number of carbonyl (C=O) groups is 2. The molecular weight excluding hydrogens is 536 g/mol. The van der Waals surface area contributed by atoms with E-state index in [0.717, 1.165) is 5.52 Å². The van der Waals surface area contributed by atoms with Gasteiger partial charge in [-0.2, -0.15) is 0 Å². The number of hydrogen-bond donors (Lipinski definition) is 1. The predicted molar refractivity (Wildman–Crippen MR) is 144 cm³/mol. The van der Waals surface area contributed by atoms with E-state index in [0.29, 0.717) is 16.6 Å². The van der Waals surface area contributed by atoms with Crippen molar-refractivity contribution in [2.45, 2.75) is 55.9 Å². The molecule has 2 heterocycles. The first-order valence-corrected chi connectivity index (χ1v) is 13.5. The Morgan fingerprint density at radius 2 is 1.73 bits per heavy atom. The Kier molecular flexibility index (Phi) is 7.01. The van der Waals surface area contributed by atoms with Crippen molar-refractivity contribution in [2.75, 3.05) is 6.54 Å². The van der Waals surface area contributed by atoms with Crippen molar-refractivity contribution >= 4 is 22.8 Å². The normalized spacial score (nSPS) is 21.0. The van der Waals surface area contributed by atoms with Crippen LogP contribution in [0.25, 0.3) is 11.0 Å². The molecule has 4 aromatic rings. The number of imidazole rings is 1. The first-order valence-electron chi connectivity index (χ1n) is 13.5. The van der Waals surface area contributed by atoms with Crippen molar-refractivity contribution in [3.05, 3.63) is 102 Å². The fourth-order valence-electron chi connectivity index (χ4n) is 5.86. The second-order valence-corrected chi connectivity index (χ2v) is 10.9. The Bertz CT molecular complexity index is 1580. The summed E-state index contributed by atoms with van der Waals surface area (Å²) in [6.07, 6.45) is -0.788. The van der Waals surface area contributed by atoms with Gasteiger partial charge in [0.2, 0.25) is 17.7 Å². The van der Waals surface area contributed by atoms with Crippen molar-refractivity contribution in [3.63, 3.8) is 0 Å². The minimum Gasteiger partial charge on any atom is -0.343 e. The summed E-state index contributed by atoms with van der Waals surface area (Å²) in [6, 6.07) is 18.7. The molecule has 41 heavy (non-hydrogen) atoms. The van der Waals surface area contributed by atoms with E-state index < -0.39 is 60.6 Å². The number of rotatable bonds is 7. The summed E-state index contributed by atoms with van der Waals surface area (Å²) in [5.41, 5.74) is 2.75. The zero-order valence-electron chi connectivity index (χ0n) is 22.0. The highest BCUT2D eigenvalue weighted by Gasteiger charge is 2.47. The first kappa shape index (κ1) is 27.0. The van der Waals surface area contributed by atoms with Gasteiger partial charge in [0.1, 0.15) is 24.6 Å². The maximum Gasteiger partial charge on any atom is 0.249 e. The minimum atomic E-state index is -2.78. The number of nitrogens with zero attached hydrogens (tertiary/aromatic N) is 3. The van der Waals surface area contributed by atoms with E-state index in [-0.39, 0.29) is 25.1 Å². The summed E-state index contributed by atoms with van der Waals surface area (Å²) in [6.45, 7) is -0.319. The lowest BCUT2D eigenvalue weighted by Crippen LogP contribution is -2.47. The van der Waals surface area contributed by atoms with Crippen LogP contribution in [-0.2, 0) is 16.1 Å². The molecule has 1 saturated carbocycles. The Morgan fingerprint density at radius 3 is 2.46 bits per heavy atom. The van der Waals surface area contributed by atoms with Crippen molar-refractivity contribution in [1.82, 2.24) is 19.8 Å². The summed E-state index contributed by atoms with van der Waals surface area (Å²) in [7, 11) is 0. The molecule has 3 atom stereocenters. The van der Waals surface area contributed by atoms with Crippen LogP contribution in [0.5, 0.6) is 0 Å². The van der Waals surface area contributed by atoms with E-state index in [1.807, 2.05) is 24.3 Å². The van der Waals surface area contributed by atoms with Crippen LogP contribution >= 0.6 is 0 Å². The van der Waals surface area contributed by atoms with Crippen molar-refractivity contribution in [2.24, 2.45) is 0 Å². The average Bonchev–Trinajstić information content (AvgIpc) is 3.54. The number of halogens is 4. The van der Waals surface area contributed by atoms with Crippen LogP contribution in [0.2, 0.25) is 0 Å². The van der Waals surface area contributed by atoms with Crippen LogP contribution < -0.4 is 5.32 Å². The third-order valence-electron chi connectivity index (χ3n) is 8.01. The minimum absolute atomic E-state index is 0.105. The molecule has 1 aliphatic heterocycles. The van der Waals surface area contributed by atoms with Crippen LogP contribution in [0.1, 0.15) is 47.9 Å². The summed E-state index contributed by atoms with van der Waals surface area (Å²) in [5.74, 6) is -4.94. The molecule has 10 heteroatoms. The lowest BCUT2D eigenvalue weighted by Gasteiger charge is -2.35. The van der Waals surface area contributed by atoms with Gasteiger partial charge in [0, 0.05) is 19.3 Å². The maximum atomic E-state index is 15.1. The van der Waals surface area contributed by atoms with Gasteiger partial charge in [0.05, 0.1) is 29.9 Å². The van der Waals surface area contributed by atoms with Gasteiger partial charge >= 0.3 is 0 Å². The number of alkyl halides is 3. The van der Waals surface area contributed by atoms with Gasteiger partial charge in [-0.1, -0.05) is 54.6 Å². The van der Waals surface area contributed by atoms with Gasteiger partial charge in [0.25, 0.3) is 0 Å². The molecule has 6 nitrogen and oxygen atoms in total. The lowest BCUT2D eigenvalue weighted by molar-refractivity contribution is -0.139. The standard InChI is InChI=1S/C31H28F4N4O2/c32-22-13-27(39(16-22)28(40)17-38-18-36-25-8-4-5-9-26(25)38)30(41)37-29(19-6-2-1-3-7-19)20-10-11-23(24(33)12-20)21-14-31(34,35)15-21/h1-12,18,21-22,27,29H,13-17H2,(H,37,41)/t22-,27+,29+/m1/s1. The molecule has 212 valence electrons. The number of hydrogen-bond acceptors (Lipinski definition) is 3. The van der Waals surface area contributed by atoms with Gasteiger partial charge in [-0.3, -0.25) is 9.59 Å². The average molecular weight is 565 g/mol. The fraction of sp³-hybridized carbons (Fsp3) is 0.323. The molecule has 0 unspecified atom stereocenters. The quantitative estimate of drug-likeness (QED) is 0.300. The number of aromatic nitrogens is 2. The molecule has 2 fully saturated rings. The Balaban J connectivity index is 1.23. The van der Waals surface area contributed by atoms with Crippen LogP contribution in [0, 0.1) is 5.82 Å². The monoisotopic (exact) mass is 564 g/mol. The van der Waals surface area contributed by atoms with Crippen LogP contribution in [0.3, 0.4) is 0 Å². The molecule has 2 aliphatic rings. The van der Waals surface area contributed by atoms with Crippen molar-refractivity contribution in [3.8, 4) is 0 Å². The van der Waals surface area contributed by atoms with Crippen LogP contribution in [-0.4, -0.2) is 50.9 Å². The molecule has 1 saturated heterocycles. The summed E-state index contributed by atoms with van der Waals surface area (Å²) in [5, 5.41) is 2.90. The summed E-state index contributed by atoms with van der Waals surface area (Å²) in [4.78, 5) is 32.4. The number of amides is 2. The Labute approximate surface area is 234 Å². The second kappa shape index (κ2) is 10.6. The number of para-hydroxylation sites is 2. The van der Waals surface area contributed by atoms with Crippen molar-refractivity contribution < 1.29 is 27.2 Å². The largest absolute Gasteiger partial charge is 0.343 e. The molecule has 0 bridgehead atoms. The number of benzene rings is 3. The van der Waals surface area contributed by atoms with Gasteiger partial charge in [0.15, 0.2) is 0 Å². The van der Waals surface area contributed by atoms with E-state index in [1.54, 1.807) is 41.0 Å². The number of likely N-dealkylation sites (tertiary alicyclic amines) is 1. The number of nitrogens with one attached hydrogen (secondary N) is 1. The van der Waals surface area contributed by atoms with Gasteiger partial charge in [-0.25, -0.2) is 22.5 Å². The van der Waals surface area contributed by atoms with Crippen LogP contribution in [0.15, 0.2) is 79.1 Å². The molecular formula is C31H28F4N4O2. The summed E-state index contributed by atoms with van der Waals surface area (Å²) < 4.78 is 58.2. The van der Waals surface area contributed by atoms with Crippen LogP contribution in [0.4, 0.5) is 17.6 Å². The SMILES string of the molecule is O=C(N[C@@H](c1ccccc1)c1ccc(C2CC(F)(F)C2)c(F)c1)[C@@H]1C[C@@H](F)CN1C(=O)Cn1cnc2ccccc21. The maximum absolute atomic E-state index is 15.1. The molecule has 1 aromatic heterocycles. The smallest absolute Gasteiger partial charge is 0.249 e. The third-order valence-corrected chi connectivity index (χ3v) is 8.01. The third kappa shape index (κ3) is 5.42. The van der Waals surface area contributed by atoms with E-state index in [9.17, 15) is 22.8 Å². The predicted octanol–water partition coefficient (Wildman–Crippen LogP) is 5.53. The molecule has 3 aromatic carbocycles. The van der Waals surface area contributed by atoms with E-state index in [1.165, 1.54) is 23.4 Å². The zero-order valence-corrected chi connectivity index (χ0v) is 22.0. The number of carbonyl (C=O) groups excluding carboxylic acids is 2.